The third-order valence-electron chi connectivity index (χ3n) is 3.98. The van der Waals surface area contributed by atoms with Crippen molar-refractivity contribution in [2.24, 2.45) is 0 Å². The van der Waals surface area contributed by atoms with Crippen molar-refractivity contribution in [1.29, 1.82) is 0 Å². The number of carbonyl (C=O) groups is 1. The summed E-state index contributed by atoms with van der Waals surface area (Å²) >= 11 is 13.6. The Morgan fingerprint density at radius 2 is 1.81 bits per heavy atom. The van der Waals surface area contributed by atoms with Gasteiger partial charge in [0.1, 0.15) is 16.9 Å². The third-order valence-corrected chi connectivity index (χ3v) is 5.98. The Balaban J connectivity index is 1.81. The Morgan fingerprint density at radius 1 is 1.12 bits per heavy atom. The molecule has 0 spiro atoms. The topological polar surface area (TPSA) is 50.8 Å². The summed E-state index contributed by atoms with van der Waals surface area (Å²) in [6, 6.07) is 10.5. The summed E-state index contributed by atoms with van der Waals surface area (Å²) in [5.74, 6) is 2.23. The fourth-order valence-corrected chi connectivity index (χ4v) is 4.23. The molecule has 0 radical (unpaired) electrons. The maximum absolute atomic E-state index is 12.8. The van der Waals surface area contributed by atoms with E-state index >= 15 is 0 Å². The fraction of sp³-hybridized carbons (Fsp3) is 0.278. The molecular formula is C18H18Cl2N2O3S. The molecule has 1 heterocycles. The molecule has 0 saturated carbocycles. The molecule has 0 unspecified atom stereocenters. The number of carbonyl (C=O) groups excluding carboxylic acids is 1. The van der Waals surface area contributed by atoms with E-state index in [-0.39, 0.29) is 11.4 Å². The van der Waals surface area contributed by atoms with E-state index in [1.165, 1.54) is 0 Å². The van der Waals surface area contributed by atoms with Crippen molar-refractivity contribution >= 4 is 46.7 Å². The Kier molecular flexibility index (Phi) is 6.06. The number of thioether (sulfide) groups is 1. The lowest BCUT2D eigenvalue weighted by atomic mass is 10.2. The van der Waals surface area contributed by atoms with E-state index in [1.807, 2.05) is 18.2 Å². The van der Waals surface area contributed by atoms with Crippen LogP contribution in [0, 0.1) is 0 Å². The second kappa shape index (κ2) is 8.29. The predicted molar refractivity (Wildman–Crippen MR) is 107 cm³/mol. The van der Waals surface area contributed by atoms with E-state index in [2.05, 4.69) is 5.32 Å². The zero-order valence-electron chi connectivity index (χ0n) is 14.3. The van der Waals surface area contributed by atoms with Gasteiger partial charge in [-0.15, -0.1) is 11.8 Å². The maximum atomic E-state index is 12.8. The molecule has 3 rings (SSSR count). The third kappa shape index (κ3) is 4.14. The number of methoxy groups -OCH3 is 2. The Morgan fingerprint density at radius 3 is 2.42 bits per heavy atom. The molecule has 0 bridgehead atoms. The van der Waals surface area contributed by atoms with Gasteiger partial charge in [-0.1, -0.05) is 23.2 Å². The van der Waals surface area contributed by atoms with Gasteiger partial charge in [0.15, 0.2) is 0 Å². The van der Waals surface area contributed by atoms with E-state index in [0.29, 0.717) is 33.8 Å². The molecule has 2 aromatic carbocycles. The summed E-state index contributed by atoms with van der Waals surface area (Å²) in [7, 11) is 3.21. The number of halogens is 2. The smallest absolute Gasteiger partial charge is 0.323 e. The summed E-state index contributed by atoms with van der Waals surface area (Å²) in [4.78, 5) is 14.5. The Bertz CT molecular complexity index is 797. The first kappa shape index (κ1) is 19.0. The van der Waals surface area contributed by atoms with Crippen LogP contribution in [0.3, 0.4) is 0 Å². The average Bonchev–Trinajstić information content (AvgIpc) is 3.14. The largest absolute Gasteiger partial charge is 0.497 e. The van der Waals surface area contributed by atoms with Crippen LogP contribution in [0.4, 0.5) is 10.5 Å². The first-order chi connectivity index (χ1) is 12.5. The molecule has 0 aromatic heterocycles. The molecule has 1 aliphatic heterocycles. The van der Waals surface area contributed by atoms with E-state index in [1.54, 1.807) is 49.1 Å². The molecule has 2 aromatic rings. The highest BCUT2D eigenvalue weighted by molar-refractivity contribution is 7.99. The highest BCUT2D eigenvalue weighted by Gasteiger charge is 2.31. The number of hydrogen-bond donors (Lipinski definition) is 1. The molecule has 1 atom stereocenters. The molecule has 0 aliphatic carbocycles. The van der Waals surface area contributed by atoms with Crippen LogP contribution in [0.5, 0.6) is 11.5 Å². The maximum Gasteiger partial charge on any atom is 0.323 e. The van der Waals surface area contributed by atoms with E-state index < -0.39 is 0 Å². The van der Waals surface area contributed by atoms with Gasteiger partial charge in [0, 0.05) is 24.1 Å². The molecule has 1 N–H and O–H groups in total. The zero-order chi connectivity index (χ0) is 18.7. The number of benzene rings is 2. The summed E-state index contributed by atoms with van der Waals surface area (Å²) in [5, 5.41) is 3.60. The van der Waals surface area contributed by atoms with Gasteiger partial charge in [0.2, 0.25) is 0 Å². The number of ether oxygens (including phenoxy) is 2. The lowest BCUT2D eigenvalue weighted by Crippen LogP contribution is -2.34. The number of anilines is 1. The molecule has 1 fully saturated rings. The number of amides is 2. The second-order valence-corrected chi connectivity index (χ2v) is 7.62. The van der Waals surface area contributed by atoms with Crippen molar-refractivity contribution in [2.75, 3.05) is 31.8 Å². The number of nitrogens with one attached hydrogen (secondary N) is 1. The van der Waals surface area contributed by atoms with Crippen LogP contribution in [0.1, 0.15) is 10.9 Å². The Labute approximate surface area is 166 Å². The minimum absolute atomic E-state index is 0.123. The van der Waals surface area contributed by atoms with Crippen LogP contribution >= 0.6 is 35.0 Å². The average molecular weight is 413 g/mol. The number of hydrogen-bond acceptors (Lipinski definition) is 4. The highest BCUT2D eigenvalue weighted by atomic mass is 35.5. The van der Waals surface area contributed by atoms with Gasteiger partial charge >= 0.3 is 6.03 Å². The van der Waals surface area contributed by atoms with Crippen LogP contribution in [0.15, 0.2) is 36.4 Å². The predicted octanol–water partition coefficient (Wildman–Crippen LogP) is 5.29. The van der Waals surface area contributed by atoms with Crippen LogP contribution < -0.4 is 14.8 Å². The first-order valence-corrected chi connectivity index (χ1v) is 9.69. The molecular weight excluding hydrogens is 395 g/mol. The van der Waals surface area contributed by atoms with Crippen LogP contribution in [0.25, 0.3) is 0 Å². The molecule has 26 heavy (non-hydrogen) atoms. The quantitative estimate of drug-likeness (QED) is 0.740. The number of urea groups is 1. The normalized spacial score (nSPS) is 16.5. The molecule has 1 aliphatic rings. The van der Waals surface area contributed by atoms with Crippen LogP contribution in [-0.2, 0) is 0 Å². The number of nitrogens with zero attached hydrogens (tertiary/aromatic N) is 1. The molecule has 138 valence electrons. The fourth-order valence-electron chi connectivity index (χ4n) is 2.70. The first-order valence-electron chi connectivity index (χ1n) is 7.89. The van der Waals surface area contributed by atoms with Gasteiger partial charge < -0.3 is 19.7 Å². The van der Waals surface area contributed by atoms with Gasteiger partial charge in [-0.25, -0.2) is 4.79 Å². The van der Waals surface area contributed by atoms with Gasteiger partial charge in [-0.2, -0.15) is 0 Å². The van der Waals surface area contributed by atoms with Gasteiger partial charge in [0.05, 0.1) is 24.3 Å². The van der Waals surface area contributed by atoms with Crippen molar-refractivity contribution in [3.05, 3.63) is 52.0 Å². The van der Waals surface area contributed by atoms with E-state index in [9.17, 15) is 4.79 Å². The van der Waals surface area contributed by atoms with E-state index in [4.69, 9.17) is 32.7 Å². The highest BCUT2D eigenvalue weighted by Crippen LogP contribution is 2.41. The van der Waals surface area contributed by atoms with Gasteiger partial charge in [-0.05, 0) is 35.9 Å². The van der Waals surface area contributed by atoms with Gasteiger partial charge in [0.25, 0.3) is 0 Å². The Hall–Kier alpha value is -1.76. The number of rotatable bonds is 4. The van der Waals surface area contributed by atoms with Gasteiger partial charge in [-0.3, -0.25) is 0 Å². The lowest BCUT2D eigenvalue weighted by Gasteiger charge is -2.25. The minimum atomic E-state index is -0.194. The minimum Gasteiger partial charge on any atom is -0.497 e. The van der Waals surface area contributed by atoms with Crippen molar-refractivity contribution < 1.29 is 14.3 Å². The zero-order valence-corrected chi connectivity index (χ0v) is 16.6. The molecule has 5 nitrogen and oxygen atoms in total. The molecule has 8 heteroatoms. The monoisotopic (exact) mass is 412 g/mol. The van der Waals surface area contributed by atoms with Crippen LogP contribution in [0.2, 0.25) is 10.0 Å². The van der Waals surface area contributed by atoms with Crippen LogP contribution in [-0.4, -0.2) is 37.4 Å². The van der Waals surface area contributed by atoms with Crippen molar-refractivity contribution in [3.8, 4) is 11.5 Å². The molecule has 2 amide bonds. The second-order valence-electron chi connectivity index (χ2n) is 5.62. The summed E-state index contributed by atoms with van der Waals surface area (Å²) < 4.78 is 10.7. The van der Waals surface area contributed by atoms with Crippen molar-refractivity contribution in [3.63, 3.8) is 0 Å². The standard InChI is InChI=1S/C18H18Cl2N2O3S/c1-24-13-7-11(8-14(10-13)25-2)17-22(5-6-26-17)18(23)21-12-3-4-15(19)16(20)9-12/h3-4,7-10,17H,5-6H2,1-2H3,(H,21,23)/t17-/m0/s1. The summed E-state index contributed by atoms with van der Waals surface area (Å²) in [5.41, 5.74) is 1.55. The summed E-state index contributed by atoms with van der Waals surface area (Å²) in [6.07, 6.45) is 0. The van der Waals surface area contributed by atoms with E-state index in [0.717, 1.165) is 11.3 Å². The SMILES string of the molecule is COc1cc(OC)cc([C@@H]2SCCN2C(=O)Nc2ccc(Cl)c(Cl)c2)c1. The van der Waals surface area contributed by atoms with Crippen molar-refractivity contribution in [2.45, 2.75) is 5.37 Å². The molecule has 1 saturated heterocycles. The summed E-state index contributed by atoms with van der Waals surface area (Å²) in [6.45, 7) is 0.641. The van der Waals surface area contributed by atoms with Crippen molar-refractivity contribution in [1.82, 2.24) is 4.90 Å². The lowest BCUT2D eigenvalue weighted by molar-refractivity contribution is 0.214.